The zero-order chi connectivity index (χ0) is 9.26. The van der Waals surface area contributed by atoms with Gasteiger partial charge in [-0.1, -0.05) is 19.9 Å². The Bertz CT molecular complexity index is 323. The van der Waals surface area contributed by atoms with Crippen molar-refractivity contribution in [1.29, 1.82) is 0 Å². The molecule has 13 heavy (non-hydrogen) atoms. The predicted molar refractivity (Wildman–Crippen MR) is 52.2 cm³/mol. The number of hydrogen-bond acceptors (Lipinski definition) is 2. The monoisotopic (exact) mass is 175 g/mol. The summed E-state index contributed by atoms with van der Waals surface area (Å²) in [5.41, 5.74) is 2.53. The van der Waals surface area contributed by atoms with Crippen LogP contribution in [0.4, 0.5) is 0 Å². The lowest BCUT2D eigenvalue weighted by Crippen LogP contribution is -2.00. The van der Waals surface area contributed by atoms with Gasteiger partial charge in [-0.3, -0.25) is 0 Å². The van der Waals surface area contributed by atoms with Crippen molar-refractivity contribution in [1.82, 2.24) is 0 Å². The average molecular weight is 175 g/mol. The van der Waals surface area contributed by atoms with Crippen molar-refractivity contribution in [3.63, 3.8) is 0 Å². The molecule has 0 spiro atoms. The smallest absolute Gasteiger partial charge is 0.524 e. The first-order valence-corrected chi connectivity index (χ1v) is 4.66. The van der Waals surface area contributed by atoms with Crippen LogP contribution in [0.3, 0.4) is 0 Å². The molecular weight excluding hydrogens is 163 g/mol. The number of fused-ring (bicyclic) bond motifs is 1. The minimum absolute atomic E-state index is 0.858. The van der Waals surface area contributed by atoms with Crippen LogP contribution in [0.15, 0.2) is 12.1 Å². The number of hydrogen-bond donors (Lipinski definition) is 0. The van der Waals surface area contributed by atoms with Gasteiger partial charge in [0.25, 0.3) is 0 Å². The van der Waals surface area contributed by atoms with Gasteiger partial charge in [-0.05, 0) is 30.0 Å². The third-order valence-electron chi connectivity index (χ3n) is 2.32. The van der Waals surface area contributed by atoms with E-state index >= 15 is 0 Å². The topological polar surface area (TPSA) is 18.5 Å². The number of aryl methyl sites for hydroxylation is 2. The first-order valence-electron chi connectivity index (χ1n) is 4.66. The molecule has 0 saturated carbocycles. The summed E-state index contributed by atoms with van der Waals surface area (Å²) < 4.78 is 10.5. The number of benzene rings is 1. The van der Waals surface area contributed by atoms with Crippen molar-refractivity contribution in [3.8, 4) is 11.5 Å². The van der Waals surface area contributed by atoms with Gasteiger partial charge in [0.05, 0.1) is 0 Å². The molecule has 0 N–H and O–H groups in total. The Morgan fingerprint density at radius 1 is 1.15 bits per heavy atom. The van der Waals surface area contributed by atoms with Crippen LogP contribution in [0.25, 0.3) is 0 Å². The molecule has 0 amide bonds. The average Bonchev–Trinajstić information content (AvgIpc) is 2.63. The minimum atomic E-state index is 0.858. The second-order valence-electron chi connectivity index (χ2n) is 3.12. The van der Waals surface area contributed by atoms with E-state index in [9.17, 15) is 0 Å². The van der Waals surface area contributed by atoms with Crippen molar-refractivity contribution >= 4 is 7.69 Å². The molecule has 1 radical (unpaired) electrons. The summed E-state index contributed by atoms with van der Waals surface area (Å²) >= 11 is 0. The highest BCUT2D eigenvalue weighted by Crippen LogP contribution is 2.36. The van der Waals surface area contributed by atoms with Crippen LogP contribution >= 0.6 is 0 Å². The molecule has 0 aromatic heterocycles. The number of rotatable bonds is 2. The fourth-order valence-corrected chi connectivity index (χ4v) is 1.54. The molecule has 0 unspecified atom stereocenters. The highest BCUT2D eigenvalue weighted by Gasteiger charge is 2.20. The van der Waals surface area contributed by atoms with Gasteiger partial charge in [-0.2, -0.15) is 0 Å². The van der Waals surface area contributed by atoms with Crippen molar-refractivity contribution in [3.05, 3.63) is 23.3 Å². The zero-order valence-corrected chi connectivity index (χ0v) is 7.96. The van der Waals surface area contributed by atoms with E-state index in [-0.39, 0.29) is 0 Å². The van der Waals surface area contributed by atoms with E-state index < -0.39 is 0 Å². The molecule has 1 heterocycles. The Kier molecular flexibility index (Phi) is 2.17. The van der Waals surface area contributed by atoms with E-state index in [1.54, 1.807) is 0 Å². The SMILES string of the molecule is CCc1cc(CC)c2c(c1)O[B]O2. The summed E-state index contributed by atoms with van der Waals surface area (Å²) in [6, 6.07) is 4.22. The summed E-state index contributed by atoms with van der Waals surface area (Å²) in [7, 11) is 1.39. The largest absolute Gasteiger partial charge is 0.658 e. The Morgan fingerprint density at radius 3 is 2.69 bits per heavy atom. The second kappa shape index (κ2) is 3.33. The van der Waals surface area contributed by atoms with E-state index in [1.165, 1.54) is 18.8 Å². The molecule has 3 heteroatoms. The summed E-state index contributed by atoms with van der Waals surface area (Å²) in [6.45, 7) is 4.26. The van der Waals surface area contributed by atoms with E-state index in [2.05, 4.69) is 19.9 Å². The predicted octanol–water partition coefficient (Wildman–Crippen LogP) is 2.12. The lowest BCUT2D eigenvalue weighted by Gasteiger charge is -2.07. The highest BCUT2D eigenvalue weighted by atomic mass is 16.6. The molecule has 1 aliphatic heterocycles. The molecule has 2 rings (SSSR count). The third-order valence-corrected chi connectivity index (χ3v) is 2.32. The van der Waals surface area contributed by atoms with Crippen LogP contribution in [-0.2, 0) is 12.8 Å². The fraction of sp³-hybridized carbons (Fsp3) is 0.400. The quantitative estimate of drug-likeness (QED) is 0.641. The van der Waals surface area contributed by atoms with E-state index in [0.717, 1.165) is 24.3 Å². The third kappa shape index (κ3) is 1.39. The molecule has 1 aromatic rings. The Balaban J connectivity index is 2.49. The van der Waals surface area contributed by atoms with Gasteiger partial charge in [-0.25, -0.2) is 0 Å². The molecule has 0 fully saturated rings. The van der Waals surface area contributed by atoms with Crippen LogP contribution in [0.2, 0.25) is 0 Å². The fourth-order valence-electron chi connectivity index (χ4n) is 1.54. The van der Waals surface area contributed by atoms with Gasteiger partial charge in [-0.15, -0.1) is 0 Å². The van der Waals surface area contributed by atoms with E-state index in [0.29, 0.717) is 0 Å². The maximum absolute atomic E-state index is 5.27. The molecule has 0 aliphatic carbocycles. The summed E-state index contributed by atoms with van der Waals surface area (Å²) in [6.07, 6.45) is 2.01. The van der Waals surface area contributed by atoms with Crippen LogP contribution < -0.4 is 9.31 Å². The van der Waals surface area contributed by atoms with Crippen LogP contribution in [-0.4, -0.2) is 7.69 Å². The summed E-state index contributed by atoms with van der Waals surface area (Å²) in [5.74, 6) is 1.75. The van der Waals surface area contributed by atoms with Crippen LogP contribution in [0.1, 0.15) is 25.0 Å². The van der Waals surface area contributed by atoms with Crippen LogP contribution in [0.5, 0.6) is 11.5 Å². The molecule has 1 aliphatic rings. The Hall–Kier alpha value is -1.12. The van der Waals surface area contributed by atoms with E-state index in [1.807, 2.05) is 6.07 Å². The molecule has 0 bridgehead atoms. The molecular formula is C10H12BO2. The van der Waals surface area contributed by atoms with Crippen LogP contribution in [0, 0.1) is 0 Å². The first-order chi connectivity index (χ1) is 6.35. The maximum Gasteiger partial charge on any atom is 0.658 e. The summed E-state index contributed by atoms with van der Waals surface area (Å²) in [5, 5.41) is 0. The first kappa shape index (κ1) is 8.48. The van der Waals surface area contributed by atoms with Gasteiger partial charge in [0.15, 0.2) is 0 Å². The van der Waals surface area contributed by atoms with Gasteiger partial charge in [0.1, 0.15) is 11.5 Å². The zero-order valence-electron chi connectivity index (χ0n) is 7.96. The summed E-state index contributed by atoms with van der Waals surface area (Å²) in [4.78, 5) is 0. The lowest BCUT2D eigenvalue weighted by atomic mass is 10.1. The van der Waals surface area contributed by atoms with E-state index in [4.69, 9.17) is 9.31 Å². The lowest BCUT2D eigenvalue weighted by molar-refractivity contribution is 0.539. The molecule has 0 atom stereocenters. The maximum atomic E-state index is 5.27. The normalized spacial score (nSPS) is 12.8. The van der Waals surface area contributed by atoms with Gasteiger partial charge in [0.2, 0.25) is 0 Å². The van der Waals surface area contributed by atoms with Crippen molar-refractivity contribution in [2.24, 2.45) is 0 Å². The molecule has 67 valence electrons. The molecule has 1 aromatic carbocycles. The molecule has 0 saturated heterocycles. The Labute approximate surface area is 79.2 Å². The van der Waals surface area contributed by atoms with Gasteiger partial charge < -0.3 is 9.31 Å². The van der Waals surface area contributed by atoms with Gasteiger partial charge >= 0.3 is 7.69 Å². The van der Waals surface area contributed by atoms with Crippen molar-refractivity contribution in [2.75, 3.05) is 0 Å². The molecule has 2 nitrogen and oxygen atoms in total. The second-order valence-corrected chi connectivity index (χ2v) is 3.12. The van der Waals surface area contributed by atoms with Crippen molar-refractivity contribution < 1.29 is 9.31 Å². The minimum Gasteiger partial charge on any atom is -0.524 e. The standard InChI is InChI=1S/C10H12BO2/c1-3-7-5-8(4-2)10-9(6-7)12-11-13-10/h5-6H,3-4H2,1-2H3. The highest BCUT2D eigenvalue weighted by molar-refractivity contribution is 6.23. The van der Waals surface area contributed by atoms with Crippen molar-refractivity contribution in [2.45, 2.75) is 26.7 Å². The van der Waals surface area contributed by atoms with Gasteiger partial charge in [0, 0.05) is 0 Å². The Morgan fingerprint density at radius 2 is 2.00 bits per heavy atom.